The molecule has 8 heteroatoms. The number of benzene rings is 1. The number of aromatic nitrogens is 3. The summed E-state index contributed by atoms with van der Waals surface area (Å²) in [7, 11) is 0. The summed E-state index contributed by atoms with van der Waals surface area (Å²) in [6.45, 7) is 0. The molecule has 17 heavy (non-hydrogen) atoms. The average molecular weight is 350 g/mol. The van der Waals surface area contributed by atoms with Crippen molar-refractivity contribution >= 4 is 28.5 Å². The molecule has 0 atom stereocenters. The van der Waals surface area contributed by atoms with E-state index in [1.165, 1.54) is 6.07 Å². The predicted molar refractivity (Wildman–Crippen MR) is 63.0 cm³/mol. The van der Waals surface area contributed by atoms with Crippen molar-refractivity contribution in [3.05, 3.63) is 33.0 Å². The fourth-order valence-corrected chi connectivity index (χ4v) is 1.76. The van der Waals surface area contributed by atoms with Crippen molar-refractivity contribution in [2.75, 3.05) is 0 Å². The van der Waals surface area contributed by atoms with Gasteiger partial charge < -0.3 is 5.73 Å². The Morgan fingerprint density at radius 1 is 1.29 bits per heavy atom. The number of carbonyl (C=O) groups excluding carboxylic acids is 1. The molecule has 0 bridgehead atoms. The van der Waals surface area contributed by atoms with Gasteiger partial charge >= 0.3 is 0 Å². The van der Waals surface area contributed by atoms with E-state index in [0.29, 0.717) is 0 Å². The summed E-state index contributed by atoms with van der Waals surface area (Å²) in [5, 5.41) is 9.32. The Balaban J connectivity index is 2.64. The normalized spacial score (nSPS) is 10.5. The van der Waals surface area contributed by atoms with Crippen molar-refractivity contribution < 1.29 is 13.6 Å². The lowest BCUT2D eigenvalue weighted by Gasteiger charge is -2.02. The summed E-state index contributed by atoms with van der Waals surface area (Å²) < 4.78 is 26.8. The second-order valence-corrected chi connectivity index (χ2v) is 4.29. The smallest absolute Gasteiger partial charge is 0.271 e. The molecule has 0 aliphatic heterocycles. The van der Waals surface area contributed by atoms with Gasteiger partial charge in [0.15, 0.2) is 5.69 Å². The Hall–Kier alpha value is -1.58. The fourth-order valence-electron chi connectivity index (χ4n) is 1.29. The van der Waals surface area contributed by atoms with E-state index < -0.39 is 17.5 Å². The van der Waals surface area contributed by atoms with Crippen LogP contribution in [0.25, 0.3) is 11.3 Å². The molecule has 0 saturated heterocycles. The highest BCUT2D eigenvalue weighted by Gasteiger charge is 2.19. The lowest BCUT2D eigenvalue weighted by molar-refractivity contribution is 0.0996. The number of nitrogens with two attached hydrogens (primary N) is 1. The van der Waals surface area contributed by atoms with E-state index in [1.54, 1.807) is 22.6 Å². The van der Waals surface area contributed by atoms with Crippen molar-refractivity contribution in [3.8, 4) is 11.3 Å². The minimum atomic E-state index is -0.840. The molecule has 1 aromatic heterocycles. The number of nitrogens with zero attached hydrogens (tertiary/aromatic N) is 2. The predicted octanol–water partition coefficient (Wildman–Crippen LogP) is 1.45. The Labute approximate surface area is 108 Å². The van der Waals surface area contributed by atoms with Crippen LogP contribution in [0.2, 0.25) is 0 Å². The SMILES string of the molecule is NC(=O)c1n[nH]nc1-c1cc(I)c(F)cc1F. The summed E-state index contributed by atoms with van der Waals surface area (Å²) in [6.07, 6.45) is 0. The second kappa shape index (κ2) is 4.35. The molecular formula is C9H5F2IN4O. The van der Waals surface area contributed by atoms with Crippen LogP contribution in [0.3, 0.4) is 0 Å². The summed E-state index contributed by atoms with van der Waals surface area (Å²) in [4.78, 5) is 11.0. The molecule has 88 valence electrons. The quantitative estimate of drug-likeness (QED) is 0.635. The molecule has 0 saturated carbocycles. The van der Waals surface area contributed by atoms with Crippen LogP contribution in [0.15, 0.2) is 12.1 Å². The maximum absolute atomic E-state index is 13.6. The molecule has 0 unspecified atom stereocenters. The van der Waals surface area contributed by atoms with Gasteiger partial charge in [-0.25, -0.2) is 8.78 Å². The van der Waals surface area contributed by atoms with Gasteiger partial charge in [-0.3, -0.25) is 4.79 Å². The second-order valence-electron chi connectivity index (χ2n) is 3.13. The van der Waals surface area contributed by atoms with Crippen molar-refractivity contribution in [1.29, 1.82) is 0 Å². The van der Waals surface area contributed by atoms with Gasteiger partial charge in [0.2, 0.25) is 0 Å². The zero-order chi connectivity index (χ0) is 12.6. The zero-order valence-electron chi connectivity index (χ0n) is 8.17. The number of hydrogen-bond donors (Lipinski definition) is 2. The first-order valence-corrected chi connectivity index (χ1v) is 5.44. The van der Waals surface area contributed by atoms with E-state index in [2.05, 4.69) is 15.4 Å². The standard InChI is InChI=1S/C9H5F2IN4O/c10-4-2-5(11)6(12)1-3(4)7-8(9(13)17)15-16-14-7/h1-2H,(H2,13,17)(H,14,15,16). The Morgan fingerprint density at radius 2 is 2.00 bits per heavy atom. The molecule has 0 aliphatic rings. The number of carbonyl (C=O) groups is 1. The fraction of sp³-hybridized carbons (Fsp3) is 0. The number of hydrogen-bond acceptors (Lipinski definition) is 3. The van der Waals surface area contributed by atoms with E-state index in [0.717, 1.165) is 6.07 Å². The highest BCUT2D eigenvalue weighted by Crippen LogP contribution is 2.26. The minimum absolute atomic E-state index is 0.0293. The monoisotopic (exact) mass is 350 g/mol. The van der Waals surface area contributed by atoms with Crippen LogP contribution in [-0.4, -0.2) is 21.3 Å². The summed E-state index contributed by atoms with van der Waals surface area (Å²) >= 11 is 1.70. The maximum Gasteiger partial charge on any atom is 0.271 e. The van der Waals surface area contributed by atoms with Crippen molar-refractivity contribution in [2.45, 2.75) is 0 Å². The van der Waals surface area contributed by atoms with Crippen LogP contribution in [0.4, 0.5) is 8.78 Å². The van der Waals surface area contributed by atoms with Crippen LogP contribution in [-0.2, 0) is 0 Å². The van der Waals surface area contributed by atoms with Gasteiger partial charge in [-0.15, -0.1) is 0 Å². The molecule has 0 aliphatic carbocycles. The third kappa shape index (κ3) is 2.12. The first-order chi connectivity index (χ1) is 8.00. The molecule has 0 radical (unpaired) electrons. The van der Waals surface area contributed by atoms with E-state index in [-0.39, 0.29) is 20.5 Å². The molecule has 5 nitrogen and oxygen atoms in total. The van der Waals surface area contributed by atoms with Crippen LogP contribution in [0.1, 0.15) is 10.5 Å². The van der Waals surface area contributed by atoms with E-state index >= 15 is 0 Å². The number of amides is 1. The third-order valence-electron chi connectivity index (χ3n) is 2.05. The molecule has 1 amide bonds. The van der Waals surface area contributed by atoms with Gasteiger partial charge in [0, 0.05) is 15.2 Å². The molecule has 0 spiro atoms. The Morgan fingerprint density at radius 3 is 2.65 bits per heavy atom. The number of rotatable bonds is 2. The van der Waals surface area contributed by atoms with Crippen LogP contribution >= 0.6 is 22.6 Å². The van der Waals surface area contributed by atoms with Crippen molar-refractivity contribution in [2.24, 2.45) is 5.73 Å². The number of halogens is 3. The first kappa shape index (κ1) is 11.9. The summed E-state index contributed by atoms with van der Waals surface area (Å²) in [6, 6.07) is 1.95. The van der Waals surface area contributed by atoms with Gasteiger partial charge in [0.1, 0.15) is 17.3 Å². The van der Waals surface area contributed by atoms with E-state index in [4.69, 9.17) is 5.73 Å². The minimum Gasteiger partial charge on any atom is -0.364 e. The molecule has 1 aromatic carbocycles. The number of H-pyrrole nitrogens is 1. The maximum atomic E-state index is 13.6. The van der Waals surface area contributed by atoms with E-state index in [1.807, 2.05) is 0 Å². The topological polar surface area (TPSA) is 84.7 Å². The largest absolute Gasteiger partial charge is 0.364 e. The molecule has 2 aromatic rings. The first-order valence-electron chi connectivity index (χ1n) is 4.36. The Bertz CT molecular complexity index is 599. The van der Waals surface area contributed by atoms with E-state index in [9.17, 15) is 13.6 Å². The number of nitrogens with one attached hydrogen (secondary N) is 1. The van der Waals surface area contributed by atoms with Crippen LogP contribution in [0, 0.1) is 15.2 Å². The van der Waals surface area contributed by atoms with Gasteiger partial charge in [-0.05, 0) is 28.7 Å². The van der Waals surface area contributed by atoms with Gasteiger partial charge in [-0.1, -0.05) is 0 Å². The molecule has 3 N–H and O–H groups in total. The molecule has 2 rings (SSSR count). The molecule has 1 heterocycles. The zero-order valence-corrected chi connectivity index (χ0v) is 10.3. The summed E-state index contributed by atoms with van der Waals surface area (Å²) in [5.41, 5.74) is 4.80. The third-order valence-corrected chi connectivity index (χ3v) is 2.87. The van der Waals surface area contributed by atoms with Crippen molar-refractivity contribution in [3.63, 3.8) is 0 Å². The lowest BCUT2D eigenvalue weighted by atomic mass is 10.1. The van der Waals surface area contributed by atoms with Crippen LogP contribution < -0.4 is 5.73 Å². The number of primary amides is 1. The van der Waals surface area contributed by atoms with Gasteiger partial charge in [-0.2, -0.15) is 15.4 Å². The van der Waals surface area contributed by atoms with Gasteiger partial charge in [0.05, 0.1) is 0 Å². The lowest BCUT2D eigenvalue weighted by Crippen LogP contribution is -2.13. The van der Waals surface area contributed by atoms with Gasteiger partial charge in [0.25, 0.3) is 5.91 Å². The highest BCUT2D eigenvalue weighted by molar-refractivity contribution is 14.1. The average Bonchev–Trinajstić information content (AvgIpc) is 2.72. The molecular weight excluding hydrogens is 345 g/mol. The van der Waals surface area contributed by atoms with Crippen molar-refractivity contribution in [1.82, 2.24) is 15.4 Å². The Kier molecular flexibility index (Phi) is 3.05. The highest BCUT2D eigenvalue weighted by atomic mass is 127. The molecule has 0 fully saturated rings. The van der Waals surface area contributed by atoms with Crippen LogP contribution in [0.5, 0.6) is 0 Å². The number of aromatic amines is 1. The summed E-state index contributed by atoms with van der Waals surface area (Å²) in [5.74, 6) is -2.36.